The van der Waals surface area contributed by atoms with Crippen LogP contribution in [-0.4, -0.2) is 45.1 Å². The Morgan fingerprint density at radius 2 is 2.50 bits per heavy atom. The summed E-state index contributed by atoms with van der Waals surface area (Å²) >= 11 is 0. The van der Waals surface area contributed by atoms with Crippen LogP contribution in [-0.2, 0) is 6.61 Å². The second kappa shape index (κ2) is 4.06. The molecule has 0 aliphatic carbocycles. The number of likely N-dealkylation sites (N-methyl/N-ethyl adjacent to an activating group) is 1. The number of hydrogen-bond donors (Lipinski definition) is 1. The molecule has 5 heteroatoms. The number of hydrogen-bond acceptors (Lipinski definition) is 4. The molecule has 2 heterocycles. The molecule has 1 atom stereocenters. The van der Waals surface area contributed by atoms with Crippen molar-refractivity contribution in [2.24, 2.45) is 0 Å². The predicted octanol–water partition coefficient (Wildman–Crippen LogP) is 0.0371. The Morgan fingerprint density at radius 3 is 3.14 bits per heavy atom. The van der Waals surface area contributed by atoms with Crippen LogP contribution in [0.3, 0.4) is 0 Å². The zero-order chi connectivity index (χ0) is 9.97. The Hall–Kier alpha value is -0.940. The largest absolute Gasteiger partial charge is 0.390 e. The molecule has 1 aliphatic rings. The molecule has 1 aromatic rings. The minimum atomic E-state index is -0.0252. The number of piperidine rings is 1. The summed E-state index contributed by atoms with van der Waals surface area (Å²) in [6, 6.07) is 0.418. The molecule has 1 aliphatic heterocycles. The van der Waals surface area contributed by atoms with Gasteiger partial charge in [-0.25, -0.2) is 4.68 Å². The molecule has 2 rings (SSSR count). The number of aliphatic hydroxyl groups excluding tert-OH is 1. The molecule has 0 amide bonds. The zero-order valence-electron chi connectivity index (χ0n) is 8.43. The first-order chi connectivity index (χ1) is 6.79. The molecule has 1 fully saturated rings. The maximum Gasteiger partial charge on any atom is 0.108 e. The van der Waals surface area contributed by atoms with E-state index >= 15 is 0 Å². The molecule has 14 heavy (non-hydrogen) atoms. The van der Waals surface area contributed by atoms with Crippen LogP contribution in [0.5, 0.6) is 0 Å². The number of aromatic nitrogens is 3. The Balaban J connectivity index is 2.06. The van der Waals surface area contributed by atoms with Crippen molar-refractivity contribution < 1.29 is 5.11 Å². The van der Waals surface area contributed by atoms with E-state index in [9.17, 15) is 0 Å². The molecule has 0 aromatic carbocycles. The van der Waals surface area contributed by atoms with Gasteiger partial charge in [-0.1, -0.05) is 5.21 Å². The molecular formula is C9H16N4O. The number of nitrogens with zero attached hydrogens (tertiary/aromatic N) is 4. The van der Waals surface area contributed by atoms with Crippen molar-refractivity contribution in [3.05, 3.63) is 11.9 Å². The van der Waals surface area contributed by atoms with E-state index in [1.165, 1.54) is 6.42 Å². The number of likely N-dealkylation sites (tertiary alicyclic amines) is 1. The third kappa shape index (κ3) is 1.93. The van der Waals surface area contributed by atoms with Gasteiger partial charge in [0.25, 0.3) is 0 Å². The van der Waals surface area contributed by atoms with Crippen LogP contribution in [0, 0.1) is 0 Å². The first-order valence-electron chi connectivity index (χ1n) is 4.99. The normalized spacial score (nSPS) is 24.0. The van der Waals surface area contributed by atoms with Crippen LogP contribution in [0.15, 0.2) is 6.20 Å². The highest BCUT2D eigenvalue weighted by Gasteiger charge is 2.19. The van der Waals surface area contributed by atoms with Gasteiger partial charge in [0.1, 0.15) is 5.69 Å². The molecule has 78 valence electrons. The minimum absolute atomic E-state index is 0.0252. The lowest BCUT2D eigenvalue weighted by Crippen LogP contribution is -2.33. The highest BCUT2D eigenvalue weighted by atomic mass is 16.3. The van der Waals surface area contributed by atoms with E-state index in [-0.39, 0.29) is 6.61 Å². The van der Waals surface area contributed by atoms with Crippen molar-refractivity contribution in [3.63, 3.8) is 0 Å². The molecule has 1 saturated heterocycles. The van der Waals surface area contributed by atoms with Gasteiger partial charge in [0.05, 0.1) is 18.8 Å². The lowest BCUT2D eigenvalue weighted by Gasteiger charge is -2.29. The van der Waals surface area contributed by atoms with Gasteiger partial charge < -0.3 is 10.0 Å². The van der Waals surface area contributed by atoms with Gasteiger partial charge in [-0.2, -0.15) is 0 Å². The van der Waals surface area contributed by atoms with E-state index in [0.29, 0.717) is 11.7 Å². The summed E-state index contributed by atoms with van der Waals surface area (Å²) in [5.74, 6) is 0. The smallest absolute Gasteiger partial charge is 0.108 e. The van der Waals surface area contributed by atoms with Crippen LogP contribution in [0.1, 0.15) is 24.6 Å². The first kappa shape index (κ1) is 9.61. The average molecular weight is 196 g/mol. The lowest BCUT2D eigenvalue weighted by atomic mass is 10.1. The van der Waals surface area contributed by atoms with Crippen molar-refractivity contribution in [2.75, 3.05) is 20.1 Å². The van der Waals surface area contributed by atoms with Gasteiger partial charge in [0.2, 0.25) is 0 Å². The summed E-state index contributed by atoms with van der Waals surface area (Å²) in [5.41, 5.74) is 0.651. The third-order valence-corrected chi connectivity index (χ3v) is 2.69. The minimum Gasteiger partial charge on any atom is -0.390 e. The van der Waals surface area contributed by atoms with Gasteiger partial charge in [0, 0.05) is 6.54 Å². The molecule has 0 saturated carbocycles. The molecule has 0 radical (unpaired) electrons. The molecule has 1 N–H and O–H groups in total. The third-order valence-electron chi connectivity index (χ3n) is 2.69. The van der Waals surface area contributed by atoms with Crippen molar-refractivity contribution in [1.82, 2.24) is 19.9 Å². The van der Waals surface area contributed by atoms with E-state index in [0.717, 1.165) is 19.5 Å². The summed E-state index contributed by atoms with van der Waals surface area (Å²) in [4.78, 5) is 2.30. The topological polar surface area (TPSA) is 54.2 Å². The summed E-state index contributed by atoms with van der Waals surface area (Å²) in [5, 5.41) is 16.8. The van der Waals surface area contributed by atoms with E-state index in [1.54, 1.807) is 0 Å². The average Bonchev–Trinajstić information content (AvgIpc) is 2.66. The summed E-state index contributed by atoms with van der Waals surface area (Å²) in [6.45, 7) is 2.16. The SMILES string of the molecule is CN1CCCC(n2cc(CO)nn2)C1. The summed E-state index contributed by atoms with van der Waals surface area (Å²) in [6.07, 6.45) is 4.19. The molecule has 0 bridgehead atoms. The van der Waals surface area contributed by atoms with Crippen LogP contribution in [0.2, 0.25) is 0 Å². The zero-order valence-corrected chi connectivity index (χ0v) is 8.43. The van der Waals surface area contributed by atoms with E-state index in [2.05, 4.69) is 22.3 Å². The maximum absolute atomic E-state index is 8.88. The van der Waals surface area contributed by atoms with E-state index < -0.39 is 0 Å². The standard InChI is InChI=1S/C9H16N4O/c1-12-4-2-3-9(6-12)13-5-8(7-14)10-11-13/h5,9,14H,2-4,6-7H2,1H3. The second-order valence-electron chi connectivity index (χ2n) is 3.91. The van der Waals surface area contributed by atoms with Gasteiger partial charge in [-0.05, 0) is 26.4 Å². The van der Waals surface area contributed by atoms with E-state index in [1.807, 2.05) is 10.9 Å². The van der Waals surface area contributed by atoms with Crippen LogP contribution in [0.25, 0.3) is 0 Å². The quantitative estimate of drug-likeness (QED) is 0.725. The molecule has 0 spiro atoms. The fourth-order valence-corrected chi connectivity index (χ4v) is 1.92. The van der Waals surface area contributed by atoms with Gasteiger partial charge in [0.15, 0.2) is 0 Å². The molecule has 1 unspecified atom stereocenters. The maximum atomic E-state index is 8.88. The second-order valence-corrected chi connectivity index (χ2v) is 3.91. The fourth-order valence-electron chi connectivity index (χ4n) is 1.92. The highest BCUT2D eigenvalue weighted by Crippen LogP contribution is 2.19. The van der Waals surface area contributed by atoms with Crippen LogP contribution >= 0.6 is 0 Å². The van der Waals surface area contributed by atoms with E-state index in [4.69, 9.17) is 5.11 Å². The van der Waals surface area contributed by atoms with Gasteiger partial charge >= 0.3 is 0 Å². The molecule has 5 nitrogen and oxygen atoms in total. The fraction of sp³-hybridized carbons (Fsp3) is 0.778. The number of aliphatic hydroxyl groups is 1. The Kier molecular flexibility index (Phi) is 2.79. The molecular weight excluding hydrogens is 180 g/mol. The van der Waals surface area contributed by atoms with Crippen molar-refractivity contribution in [2.45, 2.75) is 25.5 Å². The Bertz CT molecular complexity index is 299. The summed E-state index contributed by atoms with van der Waals surface area (Å²) < 4.78 is 1.88. The Labute approximate surface area is 83.3 Å². The van der Waals surface area contributed by atoms with Crippen LogP contribution in [0.4, 0.5) is 0 Å². The van der Waals surface area contributed by atoms with Crippen molar-refractivity contribution in [1.29, 1.82) is 0 Å². The van der Waals surface area contributed by atoms with Crippen molar-refractivity contribution >= 4 is 0 Å². The van der Waals surface area contributed by atoms with Crippen molar-refractivity contribution in [3.8, 4) is 0 Å². The predicted molar refractivity (Wildman–Crippen MR) is 51.7 cm³/mol. The van der Waals surface area contributed by atoms with Crippen LogP contribution < -0.4 is 0 Å². The van der Waals surface area contributed by atoms with Gasteiger partial charge in [-0.3, -0.25) is 0 Å². The highest BCUT2D eigenvalue weighted by molar-refractivity contribution is 4.91. The van der Waals surface area contributed by atoms with Gasteiger partial charge in [-0.15, -0.1) is 5.10 Å². The number of rotatable bonds is 2. The monoisotopic (exact) mass is 196 g/mol. The first-order valence-corrected chi connectivity index (χ1v) is 4.99. The Morgan fingerprint density at radius 1 is 1.64 bits per heavy atom. The lowest BCUT2D eigenvalue weighted by molar-refractivity contribution is 0.200. The summed E-state index contributed by atoms with van der Waals surface area (Å²) in [7, 11) is 2.12. The molecule has 1 aromatic heterocycles.